The lowest BCUT2D eigenvalue weighted by atomic mass is 10.0. The Balaban J connectivity index is 3.49. The Morgan fingerprint density at radius 1 is 0.300 bits per heavy atom. The summed E-state index contributed by atoms with van der Waals surface area (Å²) in [6, 6.07) is 0. The number of esters is 2. The van der Waals surface area contributed by atoms with Crippen molar-refractivity contribution in [2.24, 2.45) is 0 Å². The molecule has 0 aliphatic heterocycles. The molecule has 0 saturated heterocycles. The average molecular weight is 1110 g/mol. The van der Waals surface area contributed by atoms with Gasteiger partial charge in [-0.05, 0) is 109 Å². The summed E-state index contributed by atoms with van der Waals surface area (Å²) in [6.07, 6.45) is 102. The maximum atomic E-state index is 12.4. The van der Waals surface area contributed by atoms with Crippen LogP contribution in [0.15, 0.2) is 122 Å². The van der Waals surface area contributed by atoms with E-state index in [1.807, 2.05) is 0 Å². The number of aliphatic hydroxyl groups is 1. The van der Waals surface area contributed by atoms with Gasteiger partial charge in [-0.1, -0.05) is 322 Å². The van der Waals surface area contributed by atoms with Gasteiger partial charge in [-0.25, -0.2) is 0 Å². The van der Waals surface area contributed by atoms with Gasteiger partial charge in [0.2, 0.25) is 0 Å². The van der Waals surface area contributed by atoms with Gasteiger partial charge in [0, 0.05) is 12.8 Å². The number of aliphatic hydroxyl groups excluding tert-OH is 1. The van der Waals surface area contributed by atoms with E-state index in [1.165, 1.54) is 199 Å². The van der Waals surface area contributed by atoms with Crippen LogP contribution in [0.3, 0.4) is 0 Å². The molecule has 1 N–H and O–H groups in total. The maximum absolute atomic E-state index is 12.4. The third kappa shape index (κ3) is 66.8. The highest BCUT2D eigenvalue weighted by Gasteiger charge is 2.16. The van der Waals surface area contributed by atoms with E-state index in [-0.39, 0.29) is 25.2 Å². The Labute approximate surface area is 496 Å². The standard InChI is InChI=1S/C75H128O5/c1-3-5-7-9-11-13-15-17-19-21-23-25-27-29-31-33-35-37-39-41-43-45-47-49-51-53-55-57-59-61-63-65-67-69-74(77)79-72-73(71-76)80-75(78)70-68-66-64-62-60-58-56-54-52-50-48-46-44-42-40-38-36-34-32-30-28-26-24-22-20-18-16-14-12-10-8-6-4-2/h6,8,12,14-15,17-18,20-21,23-24,26-27,29-30,32,36,38,42,44,73,76H,3-5,7,9-11,13,16,19,22,25,28,31,33-35,37,39-41,43,45-72H2,1-2H3/b8-6-,14-12-,17-15-,20-18-,23-21-,26-24-,29-27-,32-30-,38-36-,44-42-. The van der Waals surface area contributed by atoms with Crippen LogP contribution in [0.2, 0.25) is 0 Å². The number of unbranched alkanes of at least 4 members (excludes halogenated alkanes) is 34. The Hall–Kier alpha value is -3.70. The fourth-order valence-electron chi connectivity index (χ4n) is 9.66. The van der Waals surface area contributed by atoms with Crippen LogP contribution in [-0.4, -0.2) is 36.4 Å². The van der Waals surface area contributed by atoms with E-state index >= 15 is 0 Å². The van der Waals surface area contributed by atoms with Crippen LogP contribution in [0, 0.1) is 0 Å². The third-order valence-corrected chi connectivity index (χ3v) is 14.7. The smallest absolute Gasteiger partial charge is 0.306 e. The zero-order chi connectivity index (χ0) is 57.6. The number of hydrogen-bond donors (Lipinski definition) is 1. The largest absolute Gasteiger partial charge is 0.462 e. The highest BCUT2D eigenvalue weighted by molar-refractivity contribution is 5.70. The minimum atomic E-state index is -0.782. The van der Waals surface area contributed by atoms with E-state index in [4.69, 9.17) is 9.47 Å². The van der Waals surface area contributed by atoms with Crippen LogP contribution >= 0.6 is 0 Å². The van der Waals surface area contributed by atoms with Gasteiger partial charge in [0.25, 0.3) is 0 Å². The first-order valence-electron chi connectivity index (χ1n) is 34.1. The molecule has 5 heteroatoms. The summed E-state index contributed by atoms with van der Waals surface area (Å²) >= 11 is 0. The Morgan fingerprint density at radius 3 is 0.812 bits per heavy atom. The van der Waals surface area contributed by atoms with E-state index in [9.17, 15) is 14.7 Å². The molecule has 458 valence electrons. The fourth-order valence-corrected chi connectivity index (χ4v) is 9.66. The summed E-state index contributed by atoms with van der Waals surface area (Å²) in [5.41, 5.74) is 0. The molecule has 80 heavy (non-hydrogen) atoms. The Bertz CT molecular complexity index is 1590. The third-order valence-electron chi connectivity index (χ3n) is 14.7. The molecule has 0 bridgehead atoms. The lowest BCUT2D eigenvalue weighted by Gasteiger charge is -2.15. The van der Waals surface area contributed by atoms with Crippen molar-refractivity contribution >= 4 is 11.9 Å². The molecule has 0 heterocycles. The van der Waals surface area contributed by atoms with Crippen LogP contribution in [-0.2, 0) is 19.1 Å². The SMILES string of the molecule is CC/C=C\C/C=C\C/C=C\C/C=C\C/C=C\C/C=C\C/C=C\CCCCCCCCCCCCCC(=O)OC(CO)COC(=O)CCCCCCCCCCCCCCCCCCCC/C=C\C/C=C\C/C=C\CCCCCCC. The lowest BCUT2D eigenvalue weighted by Crippen LogP contribution is -2.28. The second-order valence-electron chi connectivity index (χ2n) is 22.5. The average Bonchev–Trinajstić information content (AvgIpc) is 3.46. The topological polar surface area (TPSA) is 72.8 Å². The van der Waals surface area contributed by atoms with Crippen molar-refractivity contribution < 1.29 is 24.2 Å². The molecule has 0 aliphatic rings. The summed E-state index contributed by atoms with van der Waals surface area (Å²) in [7, 11) is 0. The predicted molar refractivity (Wildman–Crippen MR) is 352 cm³/mol. The maximum Gasteiger partial charge on any atom is 0.306 e. The first-order valence-corrected chi connectivity index (χ1v) is 34.1. The Kier molecular flexibility index (Phi) is 66.4. The van der Waals surface area contributed by atoms with Crippen molar-refractivity contribution in [1.82, 2.24) is 0 Å². The van der Waals surface area contributed by atoms with Crippen molar-refractivity contribution in [3.63, 3.8) is 0 Å². The van der Waals surface area contributed by atoms with Gasteiger partial charge >= 0.3 is 11.9 Å². The summed E-state index contributed by atoms with van der Waals surface area (Å²) in [5, 5.41) is 9.70. The number of hydrogen-bond acceptors (Lipinski definition) is 5. The highest BCUT2D eigenvalue weighted by atomic mass is 16.6. The zero-order valence-corrected chi connectivity index (χ0v) is 52.6. The molecular formula is C75H128O5. The molecule has 0 saturated carbocycles. The molecule has 0 rings (SSSR count). The molecule has 0 aliphatic carbocycles. The van der Waals surface area contributed by atoms with E-state index in [2.05, 4.69) is 135 Å². The van der Waals surface area contributed by atoms with Crippen molar-refractivity contribution in [3.8, 4) is 0 Å². The minimum absolute atomic E-state index is 0.0700. The molecular weight excluding hydrogens is 981 g/mol. The van der Waals surface area contributed by atoms with Gasteiger partial charge in [0.15, 0.2) is 6.10 Å². The molecule has 0 aromatic heterocycles. The van der Waals surface area contributed by atoms with Gasteiger partial charge < -0.3 is 14.6 Å². The summed E-state index contributed by atoms with van der Waals surface area (Å²) in [4.78, 5) is 24.6. The highest BCUT2D eigenvalue weighted by Crippen LogP contribution is 2.17. The first kappa shape index (κ1) is 76.3. The van der Waals surface area contributed by atoms with Crippen LogP contribution < -0.4 is 0 Å². The van der Waals surface area contributed by atoms with Gasteiger partial charge in [-0.2, -0.15) is 0 Å². The summed E-state index contributed by atoms with van der Waals surface area (Å²) in [5.74, 6) is -0.588. The van der Waals surface area contributed by atoms with Crippen LogP contribution in [0.25, 0.3) is 0 Å². The number of ether oxygens (including phenoxy) is 2. The number of carbonyl (C=O) groups is 2. The molecule has 0 radical (unpaired) electrons. The molecule has 0 spiro atoms. The van der Waals surface area contributed by atoms with Crippen LogP contribution in [0.1, 0.15) is 322 Å². The summed E-state index contributed by atoms with van der Waals surface area (Å²) in [6.45, 7) is 4.04. The van der Waals surface area contributed by atoms with E-state index < -0.39 is 6.10 Å². The van der Waals surface area contributed by atoms with Gasteiger partial charge in [0.05, 0.1) is 6.61 Å². The van der Waals surface area contributed by atoms with Crippen molar-refractivity contribution in [2.45, 2.75) is 328 Å². The number of rotatable bonds is 62. The van der Waals surface area contributed by atoms with Crippen LogP contribution in [0.5, 0.6) is 0 Å². The fraction of sp³-hybridized carbons (Fsp3) is 0.707. The van der Waals surface area contributed by atoms with E-state index in [1.54, 1.807) is 0 Å². The number of allylic oxidation sites excluding steroid dienone is 20. The molecule has 1 unspecified atom stereocenters. The molecule has 0 aromatic carbocycles. The molecule has 0 aromatic rings. The quantitative estimate of drug-likeness (QED) is 0.0373. The molecule has 0 fully saturated rings. The van der Waals surface area contributed by atoms with Crippen LogP contribution in [0.4, 0.5) is 0 Å². The second kappa shape index (κ2) is 69.6. The first-order chi connectivity index (χ1) is 39.6. The molecule has 0 amide bonds. The predicted octanol–water partition coefficient (Wildman–Crippen LogP) is 23.8. The van der Waals surface area contributed by atoms with Crippen molar-refractivity contribution in [2.75, 3.05) is 13.2 Å². The summed E-state index contributed by atoms with van der Waals surface area (Å²) < 4.78 is 10.8. The van der Waals surface area contributed by atoms with Crippen molar-refractivity contribution in [3.05, 3.63) is 122 Å². The monoisotopic (exact) mass is 1110 g/mol. The zero-order valence-electron chi connectivity index (χ0n) is 52.6. The number of carbonyl (C=O) groups excluding carboxylic acids is 2. The van der Waals surface area contributed by atoms with Gasteiger partial charge in [-0.15, -0.1) is 0 Å². The second-order valence-corrected chi connectivity index (χ2v) is 22.5. The normalized spacial score (nSPS) is 13.0. The van der Waals surface area contributed by atoms with Gasteiger partial charge in [-0.3, -0.25) is 9.59 Å². The Morgan fingerprint density at radius 2 is 0.537 bits per heavy atom. The van der Waals surface area contributed by atoms with E-state index in [0.29, 0.717) is 12.8 Å². The van der Waals surface area contributed by atoms with E-state index in [0.717, 1.165) is 96.3 Å². The molecule has 5 nitrogen and oxygen atoms in total. The van der Waals surface area contributed by atoms with Gasteiger partial charge in [0.1, 0.15) is 6.61 Å². The molecule has 1 atom stereocenters. The van der Waals surface area contributed by atoms with Crippen molar-refractivity contribution in [1.29, 1.82) is 0 Å². The minimum Gasteiger partial charge on any atom is -0.462 e. The lowest BCUT2D eigenvalue weighted by molar-refractivity contribution is -0.161.